The number of nitrogens with one attached hydrogen (secondary N) is 2. The van der Waals surface area contributed by atoms with Gasteiger partial charge < -0.3 is 10.6 Å². The Hall–Kier alpha value is -3.86. The number of hydrogen-bond donors (Lipinski definition) is 2. The van der Waals surface area contributed by atoms with Crippen molar-refractivity contribution in [2.75, 3.05) is 10.6 Å². The highest BCUT2D eigenvalue weighted by molar-refractivity contribution is 6.06. The standard InChI is InChI=1S/C26H24N4O/c1-16-12-14-19(15-13-16)24-23(25(31)28-20-9-5-4-8-17(20)2)18(3)27-26-29-21-10-6-7-11-22(21)30(24)26/h4-15,24H,1-3H3,(H,27,29)(H,28,31)/t24-/m0/s1. The molecular formula is C26H24N4O. The third-order valence-electron chi connectivity index (χ3n) is 5.86. The number of anilines is 2. The molecule has 4 aromatic rings. The molecule has 154 valence electrons. The van der Waals surface area contributed by atoms with E-state index in [0.717, 1.165) is 39.5 Å². The minimum Gasteiger partial charge on any atom is -0.329 e. The van der Waals surface area contributed by atoms with Gasteiger partial charge in [-0.15, -0.1) is 0 Å². The molecule has 0 unspecified atom stereocenters. The molecule has 2 heterocycles. The number of para-hydroxylation sites is 3. The van der Waals surface area contributed by atoms with Gasteiger partial charge in [0.25, 0.3) is 5.91 Å². The minimum absolute atomic E-state index is 0.117. The summed E-state index contributed by atoms with van der Waals surface area (Å²) in [7, 11) is 0. The van der Waals surface area contributed by atoms with Crippen LogP contribution in [0.2, 0.25) is 0 Å². The third kappa shape index (κ3) is 3.28. The molecule has 31 heavy (non-hydrogen) atoms. The number of hydrogen-bond acceptors (Lipinski definition) is 3. The van der Waals surface area contributed by atoms with Gasteiger partial charge in [0.1, 0.15) is 0 Å². The second-order valence-electron chi connectivity index (χ2n) is 8.04. The zero-order valence-electron chi connectivity index (χ0n) is 17.8. The Bertz CT molecular complexity index is 1330. The molecule has 0 radical (unpaired) electrons. The van der Waals surface area contributed by atoms with Gasteiger partial charge in [-0.2, -0.15) is 0 Å². The lowest BCUT2D eigenvalue weighted by molar-refractivity contribution is -0.113. The van der Waals surface area contributed by atoms with Crippen molar-refractivity contribution in [1.82, 2.24) is 9.55 Å². The number of rotatable bonds is 3. The molecule has 1 aromatic heterocycles. The number of allylic oxidation sites excluding steroid dienone is 1. The van der Waals surface area contributed by atoms with E-state index in [-0.39, 0.29) is 11.9 Å². The van der Waals surface area contributed by atoms with Crippen molar-refractivity contribution in [2.45, 2.75) is 26.8 Å². The van der Waals surface area contributed by atoms with Crippen molar-refractivity contribution in [2.24, 2.45) is 0 Å². The number of aromatic nitrogens is 2. The molecule has 5 heteroatoms. The first-order chi connectivity index (χ1) is 15.0. The lowest BCUT2D eigenvalue weighted by atomic mass is 9.93. The second-order valence-corrected chi connectivity index (χ2v) is 8.04. The normalized spacial score (nSPS) is 15.5. The quantitative estimate of drug-likeness (QED) is 0.465. The van der Waals surface area contributed by atoms with Crippen molar-refractivity contribution >= 4 is 28.6 Å². The molecule has 1 aliphatic rings. The average Bonchev–Trinajstić information content (AvgIpc) is 3.13. The van der Waals surface area contributed by atoms with Crippen molar-refractivity contribution in [3.63, 3.8) is 0 Å². The summed E-state index contributed by atoms with van der Waals surface area (Å²) in [6.45, 7) is 6.00. The minimum atomic E-state index is -0.284. The highest BCUT2D eigenvalue weighted by Gasteiger charge is 2.34. The van der Waals surface area contributed by atoms with Crippen molar-refractivity contribution < 1.29 is 4.79 Å². The number of nitrogens with zero attached hydrogens (tertiary/aromatic N) is 2. The van der Waals surface area contributed by atoms with Gasteiger partial charge in [0.2, 0.25) is 5.95 Å². The molecule has 0 aliphatic carbocycles. The number of amides is 1. The fourth-order valence-corrected chi connectivity index (χ4v) is 4.22. The van der Waals surface area contributed by atoms with E-state index in [4.69, 9.17) is 4.98 Å². The van der Waals surface area contributed by atoms with Crippen LogP contribution in [0.4, 0.5) is 11.6 Å². The van der Waals surface area contributed by atoms with Crippen molar-refractivity contribution in [1.29, 1.82) is 0 Å². The van der Waals surface area contributed by atoms with E-state index >= 15 is 0 Å². The molecule has 0 spiro atoms. The van der Waals surface area contributed by atoms with Gasteiger partial charge in [0.15, 0.2) is 0 Å². The highest BCUT2D eigenvalue weighted by Crippen LogP contribution is 2.39. The molecule has 2 N–H and O–H groups in total. The molecule has 1 atom stereocenters. The summed E-state index contributed by atoms with van der Waals surface area (Å²) >= 11 is 0. The molecule has 5 nitrogen and oxygen atoms in total. The van der Waals surface area contributed by atoms with E-state index in [1.165, 1.54) is 5.56 Å². The van der Waals surface area contributed by atoms with Gasteiger partial charge in [0.05, 0.1) is 22.6 Å². The Morgan fingerprint density at radius 3 is 2.42 bits per heavy atom. The first-order valence-electron chi connectivity index (χ1n) is 10.4. The smallest absolute Gasteiger partial charge is 0.255 e. The van der Waals surface area contributed by atoms with E-state index in [1.807, 2.05) is 62.4 Å². The maximum atomic E-state index is 13.6. The zero-order chi connectivity index (χ0) is 21.5. The highest BCUT2D eigenvalue weighted by atomic mass is 16.1. The summed E-state index contributed by atoms with van der Waals surface area (Å²) in [5, 5.41) is 6.48. The lowest BCUT2D eigenvalue weighted by Gasteiger charge is -2.31. The van der Waals surface area contributed by atoms with Crippen LogP contribution in [0.1, 0.15) is 29.7 Å². The number of fused-ring (bicyclic) bond motifs is 3. The van der Waals surface area contributed by atoms with Gasteiger partial charge in [-0.3, -0.25) is 9.36 Å². The van der Waals surface area contributed by atoms with Crippen LogP contribution in [0.5, 0.6) is 0 Å². The Morgan fingerprint density at radius 2 is 1.65 bits per heavy atom. The summed E-state index contributed by atoms with van der Waals surface area (Å²) in [4.78, 5) is 18.4. The van der Waals surface area contributed by atoms with E-state index in [2.05, 4.69) is 46.4 Å². The molecule has 1 aliphatic heterocycles. The first kappa shape index (κ1) is 19.1. The van der Waals surface area contributed by atoms with Gasteiger partial charge in [-0.25, -0.2) is 4.98 Å². The van der Waals surface area contributed by atoms with Crippen molar-refractivity contribution in [3.8, 4) is 0 Å². The molecule has 3 aromatic carbocycles. The van der Waals surface area contributed by atoms with Crippen LogP contribution in [0.3, 0.4) is 0 Å². The Balaban J connectivity index is 1.67. The van der Waals surface area contributed by atoms with Crippen LogP contribution >= 0.6 is 0 Å². The summed E-state index contributed by atoms with van der Waals surface area (Å²) in [5.41, 5.74) is 7.45. The number of carbonyl (C=O) groups is 1. The second kappa shape index (κ2) is 7.43. The van der Waals surface area contributed by atoms with E-state index in [9.17, 15) is 4.79 Å². The Kier molecular flexibility index (Phi) is 4.59. The molecular weight excluding hydrogens is 384 g/mol. The van der Waals surface area contributed by atoms with Crippen LogP contribution in [-0.4, -0.2) is 15.5 Å². The monoisotopic (exact) mass is 408 g/mol. The summed E-state index contributed by atoms with van der Waals surface area (Å²) < 4.78 is 2.12. The average molecular weight is 409 g/mol. The lowest BCUT2D eigenvalue weighted by Crippen LogP contribution is -2.31. The van der Waals surface area contributed by atoms with E-state index in [1.54, 1.807) is 0 Å². The molecule has 0 bridgehead atoms. The van der Waals surface area contributed by atoms with Crippen LogP contribution in [0, 0.1) is 13.8 Å². The fourth-order valence-electron chi connectivity index (χ4n) is 4.22. The van der Waals surface area contributed by atoms with Gasteiger partial charge in [0, 0.05) is 11.4 Å². The van der Waals surface area contributed by atoms with E-state index < -0.39 is 0 Å². The van der Waals surface area contributed by atoms with Crippen LogP contribution < -0.4 is 10.6 Å². The number of benzene rings is 3. The third-order valence-corrected chi connectivity index (χ3v) is 5.86. The molecule has 0 fully saturated rings. The van der Waals surface area contributed by atoms with Gasteiger partial charge in [-0.1, -0.05) is 60.2 Å². The molecule has 5 rings (SSSR count). The van der Waals surface area contributed by atoms with Crippen LogP contribution in [0.15, 0.2) is 84.1 Å². The number of aryl methyl sites for hydroxylation is 2. The maximum absolute atomic E-state index is 13.6. The maximum Gasteiger partial charge on any atom is 0.255 e. The zero-order valence-corrected chi connectivity index (χ0v) is 17.8. The fraction of sp³-hybridized carbons (Fsp3) is 0.154. The molecule has 1 amide bonds. The SMILES string of the molecule is CC1=C(C(=O)Nc2ccccc2C)[C@H](c2ccc(C)cc2)n2c(nc3ccccc32)N1. The summed E-state index contributed by atoms with van der Waals surface area (Å²) in [6.07, 6.45) is 0. The molecule has 0 saturated carbocycles. The summed E-state index contributed by atoms with van der Waals surface area (Å²) in [5.74, 6) is 0.630. The first-order valence-corrected chi connectivity index (χ1v) is 10.4. The predicted molar refractivity (Wildman–Crippen MR) is 125 cm³/mol. The topological polar surface area (TPSA) is 59.0 Å². The number of carbonyl (C=O) groups excluding carboxylic acids is 1. The van der Waals surface area contributed by atoms with Gasteiger partial charge in [-0.05, 0) is 50.1 Å². The summed E-state index contributed by atoms with van der Waals surface area (Å²) in [6, 6.07) is 23.9. The Labute approximate surface area is 181 Å². The number of imidazole rings is 1. The van der Waals surface area contributed by atoms with Crippen LogP contribution in [-0.2, 0) is 4.79 Å². The molecule has 0 saturated heterocycles. The van der Waals surface area contributed by atoms with Gasteiger partial charge >= 0.3 is 0 Å². The predicted octanol–water partition coefficient (Wildman–Crippen LogP) is 5.58. The van der Waals surface area contributed by atoms with Crippen molar-refractivity contribution in [3.05, 3.63) is 101 Å². The largest absolute Gasteiger partial charge is 0.329 e. The van der Waals surface area contributed by atoms with Crippen LogP contribution in [0.25, 0.3) is 11.0 Å². The Morgan fingerprint density at radius 1 is 0.935 bits per heavy atom. The van der Waals surface area contributed by atoms with E-state index in [0.29, 0.717) is 5.57 Å².